The topological polar surface area (TPSA) is 64.6 Å². The molecule has 1 aliphatic heterocycles. The van der Waals surface area contributed by atoms with Gasteiger partial charge in [0.15, 0.2) is 9.79 Å². The lowest BCUT2D eigenvalue weighted by molar-refractivity contribution is 0.313. The molecule has 134 valence electrons. The minimum atomic E-state index is -1.36. The Morgan fingerprint density at radius 1 is 0.880 bits per heavy atom. The van der Waals surface area contributed by atoms with E-state index in [1.807, 2.05) is 18.2 Å². The van der Waals surface area contributed by atoms with E-state index < -0.39 is 22.5 Å². The van der Waals surface area contributed by atoms with Gasteiger partial charge in [-0.05, 0) is 42.5 Å². The maximum Gasteiger partial charge on any atom is 0.180 e. The summed E-state index contributed by atoms with van der Waals surface area (Å²) in [6.07, 6.45) is 1.64. The van der Waals surface area contributed by atoms with E-state index >= 15 is 0 Å². The second-order valence-corrected chi connectivity index (χ2v) is 8.70. The number of piperazine rings is 1. The number of nitrogens with one attached hydrogen (secondary N) is 1. The molecule has 1 fully saturated rings. The van der Waals surface area contributed by atoms with Crippen molar-refractivity contribution in [3.05, 3.63) is 48.5 Å². The van der Waals surface area contributed by atoms with Gasteiger partial charge >= 0.3 is 0 Å². The van der Waals surface area contributed by atoms with Crippen molar-refractivity contribution in [2.24, 2.45) is 0 Å². The van der Waals surface area contributed by atoms with Crippen LogP contribution in [0.15, 0.2) is 58.3 Å². The van der Waals surface area contributed by atoms with E-state index in [4.69, 9.17) is 0 Å². The molecule has 0 aliphatic carbocycles. The van der Waals surface area contributed by atoms with Gasteiger partial charge in [-0.2, -0.15) is 0 Å². The molecule has 2 aromatic rings. The number of benzene rings is 2. The van der Waals surface area contributed by atoms with Gasteiger partial charge in [0.2, 0.25) is 0 Å². The third-order valence-electron chi connectivity index (χ3n) is 4.32. The fourth-order valence-electron chi connectivity index (χ4n) is 2.80. The number of likely N-dealkylation sites (N-methyl/N-ethyl adjacent to an activating group) is 1. The van der Waals surface area contributed by atoms with E-state index in [2.05, 4.69) is 27.6 Å². The minimum absolute atomic E-state index is 0.669. The van der Waals surface area contributed by atoms with Crippen molar-refractivity contribution in [1.82, 2.24) is 4.90 Å². The summed E-state index contributed by atoms with van der Waals surface area (Å²) < 4.78 is 27.3. The Bertz CT molecular complexity index is 689. The highest BCUT2D eigenvalue weighted by Crippen LogP contribution is 2.29. The van der Waals surface area contributed by atoms with E-state index in [0.717, 1.165) is 42.4 Å². The maximum absolute atomic E-state index is 12.7. The predicted octanol–water partition coefficient (Wildman–Crippen LogP) is 2.31. The van der Waals surface area contributed by atoms with E-state index in [1.54, 1.807) is 30.5 Å². The first-order valence-electron chi connectivity index (χ1n) is 8.19. The molecule has 0 amide bonds. The Kier molecular flexibility index (Phi) is 6.14. The van der Waals surface area contributed by atoms with Crippen LogP contribution < -0.4 is 9.62 Å². The highest BCUT2D eigenvalue weighted by molar-refractivity contribution is 7.92. The molecule has 1 saturated heterocycles. The molecule has 7 heteroatoms. The summed E-state index contributed by atoms with van der Waals surface area (Å²) in [5.74, 6) is 0. The van der Waals surface area contributed by atoms with Crippen LogP contribution in [0.5, 0.6) is 0 Å². The summed E-state index contributed by atoms with van der Waals surface area (Å²) in [6, 6.07) is 15.0. The fourth-order valence-corrected chi connectivity index (χ4v) is 4.19. The monoisotopic (exact) mass is 377 g/mol. The number of anilines is 2. The summed E-state index contributed by atoms with van der Waals surface area (Å²) in [6.45, 7) is 3.96. The summed E-state index contributed by atoms with van der Waals surface area (Å²) in [4.78, 5) is 6.04. The third-order valence-corrected chi connectivity index (χ3v) is 6.36. The Morgan fingerprint density at radius 3 is 2.12 bits per heavy atom. The first-order valence-corrected chi connectivity index (χ1v) is 10.9. The molecule has 2 aromatic carbocycles. The number of hydrogen-bond acceptors (Lipinski definition) is 5. The largest absolute Gasteiger partial charge is 0.612 e. The average Bonchev–Trinajstić information content (AvgIpc) is 2.63. The number of hydrogen-bond donors (Lipinski definition) is 1. The number of nitrogens with zero attached hydrogens (tertiary/aromatic N) is 2. The van der Waals surface area contributed by atoms with Gasteiger partial charge in [0.25, 0.3) is 0 Å². The summed E-state index contributed by atoms with van der Waals surface area (Å²) in [7, 11) is 2.13. The van der Waals surface area contributed by atoms with Gasteiger partial charge in [-0.25, -0.2) is 4.72 Å². The molecule has 0 spiro atoms. The van der Waals surface area contributed by atoms with Crippen molar-refractivity contribution in [3.8, 4) is 0 Å². The van der Waals surface area contributed by atoms with Crippen molar-refractivity contribution in [1.29, 1.82) is 0 Å². The van der Waals surface area contributed by atoms with Crippen LogP contribution in [-0.4, -0.2) is 53.5 Å². The van der Waals surface area contributed by atoms with Crippen LogP contribution in [0.4, 0.5) is 11.4 Å². The molecule has 25 heavy (non-hydrogen) atoms. The number of para-hydroxylation sites is 2. The van der Waals surface area contributed by atoms with Gasteiger partial charge in [-0.15, -0.1) is 0 Å². The van der Waals surface area contributed by atoms with Crippen LogP contribution in [0, 0.1) is 0 Å². The smallest absolute Gasteiger partial charge is 0.180 e. The highest BCUT2D eigenvalue weighted by Gasteiger charge is 2.20. The Hall–Kier alpha value is -1.38. The third kappa shape index (κ3) is 4.62. The van der Waals surface area contributed by atoms with Crippen LogP contribution in [0.25, 0.3) is 0 Å². The molecule has 0 saturated carbocycles. The van der Waals surface area contributed by atoms with Crippen molar-refractivity contribution in [2.45, 2.75) is 9.79 Å². The Labute approximate surface area is 155 Å². The molecule has 2 atom stereocenters. The van der Waals surface area contributed by atoms with Gasteiger partial charge < -0.3 is 18.9 Å². The summed E-state index contributed by atoms with van der Waals surface area (Å²) in [5.41, 5.74) is 1.95. The van der Waals surface area contributed by atoms with E-state index in [1.165, 1.54) is 0 Å². The van der Waals surface area contributed by atoms with Crippen LogP contribution in [-0.2, 0) is 22.5 Å². The maximum atomic E-state index is 12.7. The second kappa shape index (κ2) is 8.33. The highest BCUT2D eigenvalue weighted by atomic mass is 32.2. The van der Waals surface area contributed by atoms with Gasteiger partial charge in [-0.1, -0.05) is 12.1 Å². The average molecular weight is 378 g/mol. The molecule has 3 rings (SSSR count). The minimum Gasteiger partial charge on any atom is -0.612 e. The molecule has 0 radical (unpaired) electrons. The quantitative estimate of drug-likeness (QED) is 0.810. The molecule has 5 nitrogen and oxygen atoms in total. The zero-order valence-electron chi connectivity index (χ0n) is 14.5. The summed E-state index contributed by atoms with van der Waals surface area (Å²) >= 11 is -2.39. The normalized spacial score (nSPS) is 18.0. The van der Waals surface area contributed by atoms with Crippen LogP contribution in [0.1, 0.15) is 0 Å². The number of rotatable bonds is 5. The van der Waals surface area contributed by atoms with E-state index in [9.17, 15) is 9.11 Å². The summed E-state index contributed by atoms with van der Waals surface area (Å²) in [5, 5.41) is 0. The molecule has 1 heterocycles. The molecular formula is C18H23N3O2S2. The second-order valence-electron chi connectivity index (χ2n) is 6.10. The van der Waals surface area contributed by atoms with Crippen molar-refractivity contribution < 1.29 is 9.11 Å². The molecule has 1 N–H and O–H groups in total. The fraction of sp³-hybridized carbons (Fsp3) is 0.333. The SMILES string of the molecule is CN1CCN(c2ccccc2N[S+]([O-])c2ccc([S+](C)[O-])cc2)CC1. The van der Waals surface area contributed by atoms with Crippen molar-refractivity contribution in [3.63, 3.8) is 0 Å². The van der Waals surface area contributed by atoms with Crippen LogP contribution in [0.3, 0.4) is 0 Å². The lowest BCUT2D eigenvalue weighted by atomic mass is 10.2. The van der Waals surface area contributed by atoms with Gasteiger partial charge in [0.05, 0.1) is 5.69 Å². The van der Waals surface area contributed by atoms with Gasteiger partial charge in [0.1, 0.15) is 23.3 Å². The first kappa shape index (κ1) is 18.4. The predicted molar refractivity (Wildman–Crippen MR) is 105 cm³/mol. The van der Waals surface area contributed by atoms with Crippen molar-refractivity contribution in [2.75, 3.05) is 49.1 Å². The molecule has 0 aromatic heterocycles. The molecule has 1 aliphatic rings. The Morgan fingerprint density at radius 2 is 1.48 bits per heavy atom. The van der Waals surface area contributed by atoms with Gasteiger partial charge in [0, 0.05) is 38.3 Å². The standard InChI is InChI=1S/C18H23N3O2S2/c1-20-11-13-21(14-12-20)18-6-4-3-5-17(18)19-25(23)16-9-7-15(8-10-16)24(2)22/h3-10,19H,11-14H2,1-2H3. The molecular weight excluding hydrogens is 354 g/mol. The lowest BCUT2D eigenvalue weighted by Gasteiger charge is -2.35. The molecule has 2 unspecified atom stereocenters. The van der Waals surface area contributed by atoms with Crippen LogP contribution in [0.2, 0.25) is 0 Å². The molecule has 0 bridgehead atoms. The lowest BCUT2D eigenvalue weighted by Crippen LogP contribution is -2.44. The van der Waals surface area contributed by atoms with E-state index in [0.29, 0.717) is 4.90 Å². The zero-order chi connectivity index (χ0) is 17.8. The van der Waals surface area contributed by atoms with Gasteiger partial charge in [-0.3, -0.25) is 0 Å². The first-order chi connectivity index (χ1) is 12.0. The Balaban J connectivity index is 1.74. The zero-order valence-corrected chi connectivity index (χ0v) is 16.1. The van der Waals surface area contributed by atoms with Crippen LogP contribution >= 0.6 is 0 Å². The van der Waals surface area contributed by atoms with E-state index in [-0.39, 0.29) is 0 Å². The van der Waals surface area contributed by atoms with Crippen molar-refractivity contribution >= 4 is 33.9 Å².